The minimum atomic E-state index is 0.0994. The third kappa shape index (κ3) is 4.33. The van der Waals surface area contributed by atoms with E-state index in [9.17, 15) is 4.79 Å². The van der Waals surface area contributed by atoms with E-state index in [-0.39, 0.29) is 6.61 Å². The van der Waals surface area contributed by atoms with Gasteiger partial charge in [0.05, 0.1) is 6.61 Å². The Bertz CT molecular complexity index is 501. The maximum Gasteiger partial charge on any atom is 0.225 e. The average molecular weight is 316 g/mol. The first-order valence-electron chi connectivity index (χ1n) is 8.96. The summed E-state index contributed by atoms with van der Waals surface area (Å²) in [4.78, 5) is 17.1. The van der Waals surface area contributed by atoms with E-state index in [1.807, 2.05) is 12.1 Å². The van der Waals surface area contributed by atoms with E-state index in [1.54, 1.807) is 0 Å². The summed E-state index contributed by atoms with van der Waals surface area (Å²) in [5, 5.41) is 9.09. The normalized spacial score (nSPS) is 20.7. The number of piperazine rings is 1. The number of rotatable bonds is 4. The molecule has 1 amide bonds. The SMILES string of the molecule is O=C(C1CCCCC1)N1CCN(Cc2ccc(CO)cc2)CC1. The Labute approximate surface area is 139 Å². The van der Waals surface area contributed by atoms with Crippen LogP contribution in [0.1, 0.15) is 43.2 Å². The number of nitrogens with zero attached hydrogens (tertiary/aromatic N) is 2. The van der Waals surface area contributed by atoms with Crippen molar-refractivity contribution in [3.8, 4) is 0 Å². The highest BCUT2D eigenvalue weighted by Crippen LogP contribution is 2.26. The molecule has 4 nitrogen and oxygen atoms in total. The van der Waals surface area contributed by atoms with E-state index in [1.165, 1.54) is 24.8 Å². The molecule has 0 radical (unpaired) electrons. The van der Waals surface area contributed by atoms with Crippen molar-refractivity contribution in [1.29, 1.82) is 0 Å². The first-order chi connectivity index (χ1) is 11.3. The van der Waals surface area contributed by atoms with Crippen LogP contribution in [-0.2, 0) is 17.9 Å². The number of carbonyl (C=O) groups is 1. The van der Waals surface area contributed by atoms with Crippen LogP contribution in [0, 0.1) is 5.92 Å². The smallest absolute Gasteiger partial charge is 0.225 e. The lowest BCUT2D eigenvalue weighted by Crippen LogP contribution is -2.50. The van der Waals surface area contributed by atoms with Crippen molar-refractivity contribution in [3.05, 3.63) is 35.4 Å². The van der Waals surface area contributed by atoms with Gasteiger partial charge in [-0.15, -0.1) is 0 Å². The molecular formula is C19H28N2O2. The van der Waals surface area contributed by atoms with E-state index in [2.05, 4.69) is 21.9 Å². The predicted molar refractivity (Wildman–Crippen MR) is 90.8 cm³/mol. The quantitative estimate of drug-likeness (QED) is 0.928. The summed E-state index contributed by atoms with van der Waals surface area (Å²) in [5.74, 6) is 0.693. The van der Waals surface area contributed by atoms with Gasteiger partial charge in [-0.1, -0.05) is 43.5 Å². The minimum Gasteiger partial charge on any atom is -0.392 e. The lowest BCUT2D eigenvalue weighted by atomic mass is 9.88. The fourth-order valence-electron chi connectivity index (χ4n) is 3.74. The molecule has 1 aliphatic heterocycles. The molecule has 0 atom stereocenters. The highest BCUT2D eigenvalue weighted by molar-refractivity contribution is 5.79. The Morgan fingerprint density at radius 3 is 2.17 bits per heavy atom. The predicted octanol–water partition coefficient (Wildman–Crippen LogP) is 2.40. The molecule has 0 bridgehead atoms. The summed E-state index contributed by atoms with van der Waals surface area (Å²) in [7, 11) is 0. The van der Waals surface area contributed by atoms with Gasteiger partial charge < -0.3 is 10.0 Å². The fourth-order valence-corrected chi connectivity index (χ4v) is 3.74. The zero-order valence-electron chi connectivity index (χ0n) is 13.9. The molecule has 4 heteroatoms. The van der Waals surface area contributed by atoms with Gasteiger partial charge in [0.2, 0.25) is 5.91 Å². The van der Waals surface area contributed by atoms with Crippen LogP contribution in [0.15, 0.2) is 24.3 Å². The number of aliphatic hydroxyl groups excluding tert-OH is 1. The largest absolute Gasteiger partial charge is 0.392 e. The number of carbonyl (C=O) groups excluding carboxylic acids is 1. The van der Waals surface area contributed by atoms with Crippen molar-refractivity contribution >= 4 is 5.91 Å². The van der Waals surface area contributed by atoms with Crippen LogP contribution in [0.5, 0.6) is 0 Å². The molecule has 2 aliphatic rings. The zero-order valence-corrected chi connectivity index (χ0v) is 13.9. The highest BCUT2D eigenvalue weighted by Gasteiger charge is 2.28. The van der Waals surface area contributed by atoms with Crippen molar-refractivity contribution in [2.45, 2.75) is 45.3 Å². The average Bonchev–Trinajstić information content (AvgIpc) is 2.63. The number of hydrogen-bond acceptors (Lipinski definition) is 3. The number of benzene rings is 1. The molecule has 1 heterocycles. The lowest BCUT2D eigenvalue weighted by molar-refractivity contribution is -0.138. The van der Waals surface area contributed by atoms with Gasteiger partial charge in [-0.2, -0.15) is 0 Å². The van der Waals surface area contributed by atoms with Gasteiger partial charge in [0, 0.05) is 38.6 Å². The van der Waals surface area contributed by atoms with Gasteiger partial charge >= 0.3 is 0 Å². The first kappa shape index (κ1) is 16.5. The molecule has 1 aliphatic carbocycles. The molecule has 0 aromatic heterocycles. The summed E-state index contributed by atoms with van der Waals surface area (Å²) >= 11 is 0. The third-order valence-corrected chi connectivity index (χ3v) is 5.25. The molecule has 1 saturated heterocycles. The molecule has 1 aromatic rings. The Balaban J connectivity index is 1.46. The summed E-state index contributed by atoms with van der Waals surface area (Å²) in [5.41, 5.74) is 2.23. The van der Waals surface area contributed by atoms with E-state index < -0.39 is 0 Å². The second kappa shape index (κ2) is 7.93. The Kier molecular flexibility index (Phi) is 5.68. The van der Waals surface area contributed by atoms with Crippen molar-refractivity contribution in [3.63, 3.8) is 0 Å². The Morgan fingerprint density at radius 2 is 1.57 bits per heavy atom. The molecule has 1 aromatic carbocycles. The van der Waals surface area contributed by atoms with Gasteiger partial charge in [-0.05, 0) is 24.0 Å². The van der Waals surface area contributed by atoms with Crippen LogP contribution < -0.4 is 0 Å². The molecule has 1 N–H and O–H groups in total. The standard InChI is InChI=1S/C19H28N2O2/c22-15-17-8-6-16(7-9-17)14-20-10-12-21(13-11-20)19(23)18-4-2-1-3-5-18/h6-9,18,22H,1-5,10-15H2. The van der Waals surface area contributed by atoms with E-state index >= 15 is 0 Å². The first-order valence-corrected chi connectivity index (χ1v) is 8.96. The maximum absolute atomic E-state index is 12.6. The van der Waals surface area contributed by atoms with E-state index in [0.717, 1.165) is 51.1 Å². The molecule has 2 fully saturated rings. The molecule has 0 unspecified atom stereocenters. The lowest BCUT2D eigenvalue weighted by Gasteiger charge is -2.37. The topological polar surface area (TPSA) is 43.8 Å². The summed E-state index contributed by atoms with van der Waals surface area (Å²) < 4.78 is 0. The molecular weight excluding hydrogens is 288 g/mol. The number of amides is 1. The third-order valence-electron chi connectivity index (χ3n) is 5.25. The highest BCUT2D eigenvalue weighted by atomic mass is 16.3. The van der Waals surface area contributed by atoms with Gasteiger partial charge in [-0.3, -0.25) is 9.69 Å². The van der Waals surface area contributed by atoms with E-state index in [0.29, 0.717) is 11.8 Å². The van der Waals surface area contributed by atoms with Gasteiger partial charge in [0.25, 0.3) is 0 Å². The number of aliphatic hydroxyl groups is 1. The maximum atomic E-state index is 12.6. The van der Waals surface area contributed by atoms with Gasteiger partial charge in [0.15, 0.2) is 0 Å². The fraction of sp³-hybridized carbons (Fsp3) is 0.632. The van der Waals surface area contributed by atoms with E-state index in [4.69, 9.17) is 5.11 Å². The van der Waals surface area contributed by atoms with Gasteiger partial charge in [0.1, 0.15) is 0 Å². The van der Waals surface area contributed by atoms with Crippen molar-refractivity contribution in [1.82, 2.24) is 9.80 Å². The second-order valence-electron chi connectivity index (χ2n) is 6.91. The summed E-state index contributed by atoms with van der Waals surface area (Å²) in [6.45, 7) is 4.67. The van der Waals surface area contributed by atoms with Crippen LogP contribution in [0.25, 0.3) is 0 Å². The molecule has 126 valence electrons. The molecule has 23 heavy (non-hydrogen) atoms. The summed E-state index contributed by atoms with van der Waals surface area (Å²) in [6, 6.07) is 8.15. The molecule has 0 spiro atoms. The Hall–Kier alpha value is -1.39. The van der Waals surface area contributed by atoms with Crippen molar-refractivity contribution in [2.24, 2.45) is 5.92 Å². The molecule has 3 rings (SSSR count). The zero-order chi connectivity index (χ0) is 16.1. The van der Waals surface area contributed by atoms with Crippen LogP contribution in [0.3, 0.4) is 0 Å². The minimum absolute atomic E-state index is 0.0994. The van der Waals surface area contributed by atoms with Crippen LogP contribution >= 0.6 is 0 Å². The van der Waals surface area contributed by atoms with Crippen molar-refractivity contribution < 1.29 is 9.90 Å². The van der Waals surface area contributed by atoms with Gasteiger partial charge in [-0.25, -0.2) is 0 Å². The molecule has 1 saturated carbocycles. The second-order valence-corrected chi connectivity index (χ2v) is 6.91. The number of hydrogen-bond donors (Lipinski definition) is 1. The monoisotopic (exact) mass is 316 g/mol. The Morgan fingerprint density at radius 1 is 0.957 bits per heavy atom. The van der Waals surface area contributed by atoms with Crippen LogP contribution in [0.2, 0.25) is 0 Å². The van der Waals surface area contributed by atoms with Crippen LogP contribution in [-0.4, -0.2) is 47.0 Å². The van der Waals surface area contributed by atoms with Crippen molar-refractivity contribution in [2.75, 3.05) is 26.2 Å². The summed E-state index contributed by atoms with van der Waals surface area (Å²) in [6.07, 6.45) is 5.93. The van der Waals surface area contributed by atoms with Crippen LogP contribution in [0.4, 0.5) is 0 Å².